The largest absolute Gasteiger partial charge is 0.507 e. The average molecular weight is 298 g/mol. The summed E-state index contributed by atoms with van der Waals surface area (Å²) in [5.41, 5.74) is 3.44. The van der Waals surface area contributed by atoms with Gasteiger partial charge in [-0.1, -0.05) is 48.0 Å². The molecule has 0 radical (unpaired) electrons. The number of anilines is 1. The molecule has 0 fully saturated rings. The van der Waals surface area contributed by atoms with Gasteiger partial charge in [0.15, 0.2) is 0 Å². The van der Waals surface area contributed by atoms with Crippen LogP contribution in [-0.2, 0) is 0 Å². The van der Waals surface area contributed by atoms with E-state index in [1.165, 1.54) is 0 Å². The first-order valence-electron chi connectivity index (χ1n) is 6.36. The first-order chi connectivity index (χ1) is 10.2. The molecular weight excluding hydrogens is 286 g/mol. The lowest BCUT2D eigenvalue weighted by atomic mass is 10.0. The molecule has 3 rings (SSSR count). The summed E-state index contributed by atoms with van der Waals surface area (Å²) in [4.78, 5) is 4.07. The second-order valence-electron chi connectivity index (χ2n) is 4.44. The molecule has 0 aliphatic heterocycles. The van der Waals surface area contributed by atoms with Crippen LogP contribution in [0.5, 0.6) is 5.75 Å². The molecule has 104 valence electrons. The summed E-state index contributed by atoms with van der Waals surface area (Å²) < 4.78 is 0. The summed E-state index contributed by atoms with van der Waals surface area (Å²) in [5.74, 6) is 0.719. The number of halogens is 1. The van der Waals surface area contributed by atoms with Crippen molar-refractivity contribution in [2.24, 2.45) is 5.10 Å². The van der Waals surface area contributed by atoms with Gasteiger partial charge in [0.2, 0.25) is 0 Å². The van der Waals surface area contributed by atoms with E-state index in [2.05, 4.69) is 15.5 Å². The predicted molar refractivity (Wildman–Crippen MR) is 86.1 cm³/mol. The van der Waals surface area contributed by atoms with Gasteiger partial charge < -0.3 is 5.11 Å². The lowest BCUT2D eigenvalue weighted by Gasteiger charge is -2.05. The Hall–Kier alpha value is -2.59. The van der Waals surface area contributed by atoms with Gasteiger partial charge >= 0.3 is 0 Å². The monoisotopic (exact) mass is 297 g/mol. The Morgan fingerprint density at radius 2 is 1.90 bits per heavy atom. The Balaban J connectivity index is 1.91. The van der Waals surface area contributed by atoms with Crippen molar-refractivity contribution < 1.29 is 5.11 Å². The quantitative estimate of drug-likeness (QED) is 0.436. The van der Waals surface area contributed by atoms with Crippen LogP contribution in [0.15, 0.2) is 59.7 Å². The van der Waals surface area contributed by atoms with Gasteiger partial charge in [0.1, 0.15) is 16.7 Å². The Bertz CT molecular complexity index is 817. The molecular formula is C16H12ClN3O. The zero-order valence-electron chi connectivity index (χ0n) is 11.0. The van der Waals surface area contributed by atoms with Crippen LogP contribution in [0.4, 0.5) is 5.82 Å². The lowest BCUT2D eigenvalue weighted by Crippen LogP contribution is -1.94. The van der Waals surface area contributed by atoms with E-state index in [0.717, 1.165) is 10.8 Å². The Labute approximate surface area is 126 Å². The molecule has 0 unspecified atom stereocenters. The molecule has 0 amide bonds. The van der Waals surface area contributed by atoms with Gasteiger partial charge in [0, 0.05) is 5.56 Å². The summed E-state index contributed by atoms with van der Waals surface area (Å²) in [7, 11) is 0. The highest BCUT2D eigenvalue weighted by Crippen LogP contribution is 2.25. The van der Waals surface area contributed by atoms with Gasteiger partial charge in [-0.2, -0.15) is 5.10 Å². The van der Waals surface area contributed by atoms with E-state index in [9.17, 15) is 5.11 Å². The Kier molecular flexibility index (Phi) is 3.71. The molecule has 0 bridgehead atoms. The van der Waals surface area contributed by atoms with E-state index in [-0.39, 0.29) is 5.75 Å². The maximum absolute atomic E-state index is 9.99. The van der Waals surface area contributed by atoms with E-state index in [1.807, 2.05) is 30.3 Å². The van der Waals surface area contributed by atoms with Gasteiger partial charge in [-0.25, -0.2) is 4.98 Å². The molecule has 0 atom stereocenters. The minimum Gasteiger partial charge on any atom is -0.507 e. The number of hydrogen-bond acceptors (Lipinski definition) is 4. The van der Waals surface area contributed by atoms with Crippen LogP contribution in [0.1, 0.15) is 5.56 Å². The molecule has 2 aromatic carbocycles. The molecule has 0 saturated heterocycles. The average Bonchev–Trinajstić information content (AvgIpc) is 2.50. The maximum atomic E-state index is 9.99. The predicted octanol–water partition coefficient (Wildman–Crippen LogP) is 4.04. The third-order valence-electron chi connectivity index (χ3n) is 3.04. The van der Waals surface area contributed by atoms with Crippen LogP contribution in [0.3, 0.4) is 0 Å². The van der Waals surface area contributed by atoms with Crippen molar-refractivity contribution in [1.82, 2.24) is 4.98 Å². The molecule has 2 N–H and O–H groups in total. The number of benzene rings is 2. The van der Waals surface area contributed by atoms with Crippen molar-refractivity contribution in [1.29, 1.82) is 0 Å². The fraction of sp³-hybridized carbons (Fsp3) is 0. The molecule has 0 aliphatic rings. The molecule has 0 aliphatic carbocycles. The molecule has 5 heteroatoms. The summed E-state index contributed by atoms with van der Waals surface area (Å²) >= 11 is 5.80. The molecule has 4 nitrogen and oxygen atoms in total. The van der Waals surface area contributed by atoms with Crippen LogP contribution in [0.2, 0.25) is 5.15 Å². The van der Waals surface area contributed by atoms with Crippen LogP contribution >= 0.6 is 11.6 Å². The van der Waals surface area contributed by atoms with Gasteiger partial charge in [-0.3, -0.25) is 5.43 Å². The van der Waals surface area contributed by atoms with Crippen LogP contribution in [-0.4, -0.2) is 16.3 Å². The fourth-order valence-corrected chi connectivity index (χ4v) is 2.22. The van der Waals surface area contributed by atoms with Crippen molar-refractivity contribution in [3.63, 3.8) is 0 Å². The number of aromatic nitrogens is 1. The number of hydrazone groups is 1. The van der Waals surface area contributed by atoms with Crippen LogP contribution in [0.25, 0.3) is 10.8 Å². The van der Waals surface area contributed by atoms with Gasteiger partial charge in [-0.15, -0.1) is 0 Å². The highest BCUT2D eigenvalue weighted by molar-refractivity contribution is 6.29. The van der Waals surface area contributed by atoms with E-state index in [4.69, 9.17) is 11.6 Å². The highest BCUT2D eigenvalue weighted by atomic mass is 35.5. The number of hydrogen-bond donors (Lipinski definition) is 2. The summed E-state index contributed by atoms with van der Waals surface area (Å²) in [6.45, 7) is 0. The zero-order chi connectivity index (χ0) is 14.7. The smallest absolute Gasteiger partial charge is 0.147 e. The standard InChI is InChI=1S/C16H12ClN3O/c17-15-6-3-7-16(19-15)20-18-10-13-12-5-2-1-4-11(12)8-9-14(13)21/h1-10,21H,(H,19,20)/b18-10+. The third-order valence-corrected chi connectivity index (χ3v) is 3.25. The number of phenolic OH excluding ortho intramolecular Hbond substituents is 1. The number of rotatable bonds is 3. The van der Waals surface area contributed by atoms with Gasteiger partial charge in [-0.05, 0) is 29.0 Å². The minimum atomic E-state index is 0.179. The van der Waals surface area contributed by atoms with Crippen molar-refractivity contribution in [2.75, 3.05) is 5.43 Å². The van der Waals surface area contributed by atoms with E-state index < -0.39 is 0 Å². The molecule has 0 spiro atoms. The van der Waals surface area contributed by atoms with Crippen molar-refractivity contribution >= 4 is 34.4 Å². The number of pyridine rings is 1. The van der Waals surface area contributed by atoms with Crippen LogP contribution in [0, 0.1) is 0 Å². The van der Waals surface area contributed by atoms with E-state index >= 15 is 0 Å². The first-order valence-corrected chi connectivity index (χ1v) is 6.74. The molecule has 0 saturated carbocycles. The normalized spacial score (nSPS) is 11.1. The van der Waals surface area contributed by atoms with Gasteiger partial charge in [0.05, 0.1) is 6.21 Å². The van der Waals surface area contributed by atoms with E-state index in [1.54, 1.807) is 30.5 Å². The second kappa shape index (κ2) is 5.81. The minimum absolute atomic E-state index is 0.179. The zero-order valence-corrected chi connectivity index (χ0v) is 11.7. The highest BCUT2D eigenvalue weighted by Gasteiger charge is 2.04. The number of nitrogens with one attached hydrogen (secondary N) is 1. The number of phenols is 1. The Morgan fingerprint density at radius 1 is 1.05 bits per heavy atom. The second-order valence-corrected chi connectivity index (χ2v) is 4.82. The Morgan fingerprint density at radius 3 is 2.76 bits per heavy atom. The fourth-order valence-electron chi connectivity index (χ4n) is 2.05. The maximum Gasteiger partial charge on any atom is 0.147 e. The van der Waals surface area contributed by atoms with Crippen LogP contribution < -0.4 is 5.43 Å². The first kappa shape index (κ1) is 13.4. The molecule has 21 heavy (non-hydrogen) atoms. The summed E-state index contributed by atoms with van der Waals surface area (Å²) in [6, 6.07) is 16.5. The molecule has 1 aromatic heterocycles. The third kappa shape index (κ3) is 2.95. The lowest BCUT2D eigenvalue weighted by molar-refractivity contribution is 0.475. The van der Waals surface area contributed by atoms with Crippen molar-refractivity contribution in [3.05, 3.63) is 65.3 Å². The summed E-state index contributed by atoms with van der Waals surface area (Å²) in [5, 5.41) is 16.5. The summed E-state index contributed by atoms with van der Waals surface area (Å²) in [6.07, 6.45) is 1.57. The molecule has 1 heterocycles. The topological polar surface area (TPSA) is 57.5 Å². The van der Waals surface area contributed by atoms with Crippen molar-refractivity contribution in [3.8, 4) is 5.75 Å². The van der Waals surface area contributed by atoms with Crippen molar-refractivity contribution in [2.45, 2.75) is 0 Å². The SMILES string of the molecule is Oc1ccc2ccccc2c1/C=N/Nc1cccc(Cl)n1. The molecule has 3 aromatic rings. The number of fused-ring (bicyclic) bond motifs is 1. The number of nitrogens with zero attached hydrogens (tertiary/aromatic N) is 2. The van der Waals surface area contributed by atoms with E-state index in [0.29, 0.717) is 16.5 Å². The van der Waals surface area contributed by atoms with Gasteiger partial charge in [0.25, 0.3) is 0 Å². The number of aromatic hydroxyl groups is 1.